The van der Waals surface area contributed by atoms with Crippen LogP contribution in [0.4, 0.5) is 17.1 Å². The van der Waals surface area contributed by atoms with E-state index in [1.165, 1.54) is 11.1 Å². The molecule has 0 bridgehead atoms. The average molecular weight is 421 g/mol. The summed E-state index contributed by atoms with van der Waals surface area (Å²) in [5.74, 6) is 1.73. The quantitative estimate of drug-likeness (QED) is 0.353. The smallest absolute Gasteiger partial charge is 0.151 e. The van der Waals surface area contributed by atoms with Crippen molar-refractivity contribution >= 4 is 23.3 Å². The van der Waals surface area contributed by atoms with Gasteiger partial charge in [0, 0.05) is 18.2 Å². The van der Waals surface area contributed by atoms with Crippen molar-refractivity contribution in [2.45, 2.75) is 5.92 Å². The molecule has 158 valence electrons. The summed E-state index contributed by atoms with van der Waals surface area (Å²) in [5, 5.41) is 3.61. The van der Waals surface area contributed by atoms with Gasteiger partial charge in [-0.2, -0.15) is 0 Å². The van der Waals surface area contributed by atoms with Crippen LogP contribution in [0.15, 0.2) is 103 Å². The molecule has 32 heavy (non-hydrogen) atoms. The lowest BCUT2D eigenvalue weighted by Gasteiger charge is -2.32. The highest BCUT2D eigenvalue weighted by Crippen LogP contribution is 2.47. The van der Waals surface area contributed by atoms with Crippen molar-refractivity contribution in [3.8, 4) is 11.5 Å². The normalized spacial score (nSPS) is 12.0. The summed E-state index contributed by atoms with van der Waals surface area (Å²) in [5.41, 5.74) is 5.31. The van der Waals surface area contributed by atoms with E-state index in [9.17, 15) is 4.79 Å². The molecule has 1 aliphatic rings. The van der Waals surface area contributed by atoms with Gasteiger partial charge in [0.2, 0.25) is 0 Å². The number of nitrogens with one attached hydrogen (secondary N) is 1. The SMILES string of the molecule is O=CCN1c2ccccc2Oc2ccc(NCC(c3ccccc3)c3ccccc3)cc21. The standard InChI is InChI=1S/C28H24N2O2/c31-18-17-30-25-13-7-8-14-27(25)32-28-16-15-23(19-26(28)30)29-20-24(21-9-3-1-4-10-21)22-11-5-2-6-12-22/h1-16,18-19,24,29H,17,20H2. The number of para-hydroxylation sites is 2. The third-order valence-electron chi connectivity index (χ3n) is 5.80. The lowest BCUT2D eigenvalue weighted by molar-refractivity contribution is -0.106. The lowest BCUT2D eigenvalue weighted by Crippen LogP contribution is -2.23. The lowest BCUT2D eigenvalue weighted by atomic mass is 9.91. The number of rotatable bonds is 7. The molecule has 0 saturated heterocycles. The summed E-state index contributed by atoms with van der Waals surface area (Å²) in [6.07, 6.45) is 0.923. The van der Waals surface area contributed by atoms with Crippen LogP contribution in [0, 0.1) is 0 Å². The third kappa shape index (κ3) is 3.95. The topological polar surface area (TPSA) is 41.6 Å². The first-order chi connectivity index (χ1) is 15.8. The van der Waals surface area contributed by atoms with Gasteiger partial charge in [0.1, 0.15) is 6.29 Å². The highest BCUT2D eigenvalue weighted by atomic mass is 16.5. The van der Waals surface area contributed by atoms with Gasteiger partial charge in [-0.15, -0.1) is 0 Å². The van der Waals surface area contributed by atoms with Crippen molar-refractivity contribution in [2.24, 2.45) is 0 Å². The molecule has 1 aliphatic heterocycles. The molecule has 0 saturated carbocycles. The van der Waals surface area contributed by atoms with Crippen molar-refractivity contribution in [3.63, 3.8) is 0 Å². The minimum atomic E-state index is 0.219. The van der Waals surface area contributed by atoms with E-state index in [0.29, 0.717) is 0 Å². The van der Waals surface area contributed by atoms with Gasteiger partial charge in [-0.3, -0.25) is 0 Å². The maximum Gasteiger partial charge on any atom is 0.151 e. The number of hydrogen-bond acceptors (Lipinski definition) is 4. The molecule has 1 heterocycles. The monoisotopic (exact) mass is 420 g/mol. The predicted molar refractivity (Wildman–Crippen MR) is 129 cm³/mol. The fourth-order valence-corrected chi connectivity index (χ4v) is 4.23. The summed E-state index contributed by atoms with van der Waals surface area (Å²) in [6, 6.07) is 34.9. The second kappa shape index (κ2) is 8.98. The van der Waals surface area contributed by atoms with Gasteiger partial charge in [-0.25, -0.2) is 0 Å². The molecule has 0 spiro atoms. The van der Waals surface area contributed by atoms with Crippen LogP contribution in [0.25, 0.3) is 0 Å². The maximum atomic E-state index is 11.4. The molecule has 4 aromatic carbocycles. The summed E-state index contributed by atoms with van der Waals surface area (Å²) in [4.78, 5) is 13.4. The van der Waals surface area contributed by atoms with Crippen LogP contribution < -0.4 is 15.0 Å². The predicted octanol–water partition coefficient (Wildman–Crippen LogP) is 6.37. The molecule has 0 aliphatic carbocycles. The van der Waals surface area contributed by atoms with E-state index in [1.807, 2.05) is 53.4 Å². The van der Waals surface area contributed by atoms with Gasteiger partial charge in [0.15, 0.2) is 11.5 Å². The number of carbonyl (C=O) groups excluding carboxylic acids is 1. The third-order valence-corrected chi connectivity index (χ3v) is 5.80. The number of anilines is 3. The van der Waals surface area contributed by atoms with E-state index in [0.717, 1.165) is 41.4 Å². The number of aldehydes is 1. The Labute approximate surface area is 188 Å². The highest BCUT2D eigenvalue weighted by molar-refractivity contribution is 5.83. The average Bonchev–Trinajstić information content (AvgIpc) is 2.85. The van der Waals surface area contributed by atoms with Crippen LogP contribution in [-0.2, 0) is 4.79 Å². The van der Waals surface area contributed by atoms with Crippen molar-refractivity contribution < 1.29 is 9.53 Å². The van der Waals surface area contributed by atoms with Gasteiger partial charge in [0.25, 0.3) is 0 Å². The highest BCUT2D eigenvalue weighted by Gasteiger charge is 2.24. The summed E-state index contributed by atoms with van der Waals surface area (Å²) in [7, 11) is 0. The fraction of sp³-hybridized carbons (Fsp3) is 0.107. The number of hydrogen-bond donors (Lipinski definition) is 1. The molecular weight excluding hydrogens is 396 g/mol. The Bertz CT molecular complexity index is 1170. The zero-order valence-electron chi connectivity index (χ0n) is 17.6. The molecule has 4 heteroatoms. The van der Waals surface area contributed by atoms with Crippen LogP contribution in [0.2, 0.25) is 0 Å². The fourth-order valence-electron chi connectivity index (χ4n) is 4.23. The molecule has 0 aromatic heterocycles. The molecule has 0 amide bonds. The first kappa shape index (κ1) is 19.9. The first-order valence-electron chi connectivity index (χ1n) is 10.8. The van der Waals surface area contributed by atoms with Crippen molar-refractivity contribution in [1.82, 2.24) is 0 Å². The summed E-state index contributed by atoms with van der Waals surface area (Å²) in [6.45, 7) is 1.02. The van der Waals surface area contributed by atoms with Crippen molar-refractivity contribution in [1.29, 1.82) is 0 Å². The molecular formula is C28H24N2O2. The van der Waals surface area contributed by atoms with Crippen LogP contribution in [-0.4, -0.2) is 19.4 Å². The Morgan fingerprint density at radius 2 is 1.38 bits per heavy atom. The van der Waals surface area contributed by atoms with Gasteiger partial charge in [0.05, 0.1) is 17.9 Å². The molecule has 0 fully saturated rings. The van der Waals surface area contributed by atoms with Crippen LogP contribution >= 0.6 is 0 Å². The Kier molecular flexibility index (Phi) is 5.58. The van der Waals surface area contributed by atoms with Crippen LogP contribution in [0.3, 0.4) is 0 Å². The van der Waals surface area contributed by atoms with Gasteiger partial charge in [-0.05, 0) is 41.5 Å². The largest absolute Gasteiger partial charge is 0.453 e. The summed E-state index contributed by atoms with van der Waals surface area (Å²) >= 11 is 0. The van der Waals surface area contributed by atoms with E-state index in [2.05, 4.69) is 59.9 Å². The van der Waals surface area contributed by atoms with Gasteiger partial charge in [-0.1, -0.05) is 72.8 Å². The zero-order chi connectivity index (χ0) is 21.8. The van der Waals surface area contributed by atoms with Crippen LogP contribution in [0.5, 0.6) is 11.5 Å². The number of carbonyl (C=O) groups is 1. The van der Waals surface area contributed by atoms with E-state index in [1.54, 1.807) is 0 Å². The number of benzene rings is 4. The molecule has 4 nitrogen and oxygen atoms in total. The number of ether oxygens (including phenoxy) is 1. The van der Waals surface area contributed by atoms with Crippen molar-refractivity contribution in [3.05, 3.63) is 114 Å². The molecule has 1 N–H and O–H groups in total. The Morgan fingerprint density at radius 3 is 2.06 bits per heavy atom. The second-order valence-electron chi connectivity index (χ2n) is 7.78. The molecule has 0 radical (unpaired) electrons. The van der Waals surface area contributed by atoms with Gasteiger partial charge >= 0.3 is 0 Å². The van der Waals surface area contributed by atoms with Crippen molar-refractivity contribution in [2.75, 3.05) is 23.3 Å². The molecule has 0 atom stereocenters. The molecule has 4 aromatic rings. The van der Waals surface area contributed by atoms with E-state index in [-0.39, 0.29) is 12.5 Å². The van der Waals surface area contributed by atoms with Gasteiger partial charge < -0.3 is 19.7 Å². The second-order valence-corrected chi connectivity index (χ2v) is 7.78. The van der Waals surface area contributed by atoms with E-state index in [4.69, 9.17) is 4.74 Å². The Balaban J connectivity index is 1.43. The first-order valence-corrected chi connectivity index (χ1v) is 10.8. The Morgan fingerprint density at radius 1 is 0.750 bits per heavy atom. The Hall–Kier alpha value is -4.05. The molecule has 0 unspecified atom stereocenters. The van der Waals surface area contributed by atoms with E-state index >= 15 is 0 Å². The zero-order valence-corrected chi connectivity index (χ0v) is 17.6. The van der Waals surface area contributed by atoms with E-state index < -0.39 is 0 Å². The number of nitrogens with zero attached hydrogens (tertiary/aromatic N) is 1. The minimum Gasteiger partial charge on any atom is -0.453 e. The minimum absolute atomic E-state index is 0.219. The summed E-state index contributed by atoms with van der Waals surface area (Å²) < 4.78 is 6.09. The maximum absolute atomic E-state index is 11.4. The molecule has 5 rings (SSSR count). The number of fused-ring (bicyclic) bond motifs is 2. The van der Waals surface area contributed by atoms with Crippen LogP contribution in [0.1, 0.15) is 17.0 Å².